The third-order valence-corrected chi connectivity index (χ3v) is 4.37. The van der Waals surface area contributed by atoms with E-state index in [2.05, 4.69) is 4.98 Å². The SMILES string of the molecule is Cc1[nH]c2ccccc2c1C(=O)CN(C1CC1)C(C)C(=O)O. The molecule has 1 aromatic heterocycles. The van der Waals surface area contributed by atoms with Gasteiger partial charge in [-0.1, -0.05) is 18.2 Å². The molecule has 5 nitrogen and oxygen atoms in total. The van der Waals surface area contributed by atoms with E-state index in [0.717, 1.165) is 29.4 Å². The summed E-state index contributed by atoms with van der Waals surface area (Å²) in [6.45, 7) is 3.69. The number of aromatic nitrogens is 1. The smallest absolute Gasteiger partial charge is 0.320 e. The van der Waals surface area contributed by atoms with Crippen molar-refractivity contribution in [2.24, 2.45) is 0 Å². The Morgan fingerprint density at radius 3 is 2.68 bits per heavy atom. The predicted molar refractivity (Wildman–Crippen MR) is 84.2 cm³/mol. The van der Waals surface area contributed by atoms with Crippen LogP contribution in [0, 0.1) is 6.92 Å². The Kier molecular flexibility index (Phi) is 3.74. The molecular formula is C17H20N2O3. The summed E-state index contributed by atoms with van der Waals surface area (Å²) in [7, 11) is 0. The van der Waals surface area contributed by atoms with Crippen LogP contribution in [0.2, 0.25) is 0 Å². The van der Waals surface area contributed by atoms with Crippen molar-refractivity contribution >= 4 is 22.7 Å². The first-order valence-corrected chi connectivity index (χ1v) is 7.58. The van der Waals surface area contributed by atoms with Crippen LogP contribution < -0.4 is 0 Å². The number of aromatic amines is 1. The Bertz CT molecular complexity index is 731. The van der Waals surface area contributed by atoms with Crippen LogP contribution in [0.5, 0.6) is 0 Å². The number of ketones is 1. The number of carbonyl (C=O) groups is 2. The van der Waals surface area contributed by atoms with Crippen molar-refractivity contribution in [1.29, 1.82) is 0 Å². The zero-order chi connectivity index (χ0) is 15.9. The van der Waals surface area contributed by atoms with Gasteiger partial charge in [0.05, 0.1) is 6.54 Å². The quantitative estimate of drug-likeness (QED) is 0.804. The number of hydrogen-bond acceptors (Lipinski definition) is 3. The molecule has 1 aromatic carbocycles. The van der Waals surface area contributed by atoms with Crippen LogP contribution in [0.25, 0.3) is 10.9 Å². The number of H-pyrrole nitrogens is 1. The lowest BCUT2D eigenvalue weighted by molar-refractivity contribution is -0.142. The Morgan fingerprint density at radius 2 is 2.05 bits per heavy atom. The average molecular weight is 300 g/mol. The van der Waals surface area contributed by atoms with E-state index in [1.165, 1.54) is 0 Å². The molecule has 1 aliphatic carbocycles. The zero-order valence-electron chi connectivity index (χ0n) is 12.8. The van der Waals surface area contributed by atoms with E-state index in [0.29, 0.717) is 5.56 Å². The fourth-order valence-corrected chi connectivity index (χ4v) is 3.01. The largest absolute Gasteiger partial charge is 0.480 e. The summed E-state index contributed by atoms with van der Waals surface area (Å²) in [6, 6.07) is 7.29. The van der Waals surface area contributed by atoms with E-state index in [9.17, 15) is 14.7 Å². The molecule has 22 heavy (non-hydrogen) atoms. The van der Waals surface area contributed by atoms with E-state index in [-0.39, 0.29) is 18.4 Å². The molecule has 1 unspecified atom stereocenters. The van der Waals surface area contributed by atoms with Crippen molar-refractivity contribution in [3.63, 3.8) is 0 Å². The number of hydrogen-bond donors (Lipinski definition) is 2. The maximum atomic E-state index is 12.8. The van der Waals surface area contributed by atoms with Gasteiger partial charge in [-0.25, -0.2) is 0 Å². The summed E-state index contributed by atoms with van der Waals surface area (Å²) in [5.41, 5.74) is 2.45. The topological polar surface area (TPSA) is 73.4 Å². The van der Waals surface area contributed by atoms with Gasteiger partial charge in [0.25, 0.3) is 0 Å². The number of rotatable bonds is 6. The number of carboxylic acid groups (broad SMARTS) is 1. The van der Waals surface area contributed by atoms with Gasteiger partial charge < -0.3 is 10.1 Å². The van der Waals surface area contributed by atoms with Crippen LogP contribution in [0.3, 0.4) is 0 Å². The first-order valence-electron chi connectivity index (χ1n) is 7.58. The maximum absolute atomic E-state index is 12.8. The second kappa shape index (κ2) is 5.57. The van der Waals surface area contributed by atoms with Crippen molar-refractivity contribution in [1.82, 2.24) is 9.88 Å². The number of carbonyl (C=O) groups excluding carboxylic acids is 1. The molecule has 1 fully saturated rings. The van der Waals surface area contributed by atoms with Crippen LogP contribution >= 0.6 is 0 Å². The van der Waals surface area contributed by atoms with E-state index >= 15 is 0 Å². The number of para-hydroxylation sites is 1. The first-order chi connectivity index (χ1) is 10.5. The summed E-state index contributed by atoms with van der Waals surface area (Å²) in [5, 5.41) is 10.1. The van der Waals surface area contributed by atoms with Gasteiger partial charge in [-0.2, -0.15) is 0 Å². The summed E-state index contributed by atoms with van der Waals surface area (Å²) in [4.78, 5) is 29.1. The molecule has 116 valence electrons. The van der Waals surface area contributed by atoms with Crippen molar-refractivity contribution < 1.29 is 14.7 Å². The average Bonchev–Trinajstić information content (AvgIpc) is 3.25. The van der Waals surface area contributed by atoms with Crippen molar-refractivity contribution in [2.75, 3.05) is 6.54 Å². The van der Waals surface area contributed by atoms with Gasteiger partial charge >= 0.3 is 5.97 Å². The number of fused-ring (bicyclic) bond motifs is 1. The van der Waals surface area contributed by atoms with Crippen LogP contribution in [0.4, 0.5) is 0 Å². The van der Waals surface area contributed by atoms with Crippen LogP contribution in [0.1, 0.15) is 35.8 Å². The second-order valence-electron chi connectivity index (χ2n) is 6.01. The summed E-state index contributed by atoms with van der Waals surface area (Å²) in [5.74, 6) is -0.898. The predicted octanol–water partition coefficient (Wildman–Crippen LogP) is 2.60. The molecule has 1 aliphatic rings. The lowest BCUT2D eigenvalue weighted by Gasteiger charge is -2.25. The number of Topliss-reactive ketones (excluding diaryl/α,β-unsaturated/α-hetero) is 1. The number of nitrogens with one attached hydrogen (secondary N) is 1. The normalized spacial score (nSPS) is 16.1. The molecule has 3 rings (SSSR count). The molecule has 1 atom stereocenters. The standard InChI is InChI=1S/C17H20N2O3/c1-10-16(13-5-3-4-6-14(13)18-10)15(20)9-19(12-7-8-12)11(2)17(21)22/h3-6,11-12,18H,7-9H2,1-2H3,(H,21,22). The Labute approximate surface area is 128 Å². The van der Waals surface area contributed by atoms with Crippen molar-refractivity contribution in [3.05, 3.63) is 35.5 Å². The fourth-order valence-electron chi connectivity index (χ4n) is 3.01. The molecular weight excluding hydrogens is 280 g/mol. The summed E-state index contributed by atoms with van der Waals surface area (Å²) in [6.07, 6.45) is 1.94. The van der Waals surface area contributed by atoms with Gasteiger partial charge in [0.15, 0.2) is 5.78 Å². The van der Waals surface area contributed by atoms with Gasteiger partial charge in [-0.3, -0.25) is 14.5 Å². The molecule has 0 saturated heterocycles. The van der Waals surface area contributed by atoms with Crippen molar-refractivity contribution in [2.45, 2.75) is 38.8 Å². The summed E-state index contributed by atoms with van der Waals surface area (Å²) >= 11 is 0. The molecule has 0 radical (unpaired) electrons. The first kappa shape index (κ1) is 14.8. The molecule has 2 aromatic rings. The minimum absolute atomic E-state index is 0.0186. The highest BCUT2D eigenvalue weighted by atomic mass is 16.4. The zero-order valence-corrected chi connectivity index (χ0v) is 12.8. The van der Waals surface area contributed by atoms with Crippen molar-refractivity contribution in [3.8, 4) is 0 Å². The lowest BCUT2D eigenvalue weighted by atomic mass is 10.1. The fraction of sp³-hybridized carbons (Fsp3) is 0.412. The molecule has 0 bridgehead atoms. The number of carboxylic acids is 1. The highest BCUT2D eigenvalue weighted by molar-refractivity contribution is 6.10. The lowest BCUT2D eigenvalue weighted by Crippen LogP contribution is -2.43. The van der Waals surface area contributed by atoms with Crippen LogP contribution in [0.15, 0.2) is 24.3 Å². The van der Waals surface area contributed by atoms with E-state index in [1.54, 1.807) is 6.92 Å². The van der Waals surface area contributed by atoms with Crippen LogP contribution in [-0.4, -0.2) is 45.4 Å². The molecule has 5 heteroatoms. The minimum Gasteiger partial charge on any atom is -0.480 e. The molecule has 0 spiro atoms. The maximum Gasteiger partial charge on any atom is 0.320 e. The van der Waals surface area contributed by atoms with Gasteiger partial charge in [0, 0.05) is 28.2 Å². The third-order valence-electron chi connectivity index (χ3n) is 4.37. The molecule has 0 amide bonds. The van der Waals surface area contributed by atoms with E-state index in [4.69, 9.17) is 0 Å². The van der Waals surface area contributed by atoms with Crippen LogP contribution in [-0.2, 0) is 4.79 Å². The Balaban J connectivity index is 1.89. The monoisotopic (exact) mass is 300 g/mol. The highest BCUT2D eigenvalue weighted by Crippen LogP contribution is 2.30. The third kappa shape index (κ3) is 2.64. The molecule has 1 saturated carbocycles. The molecule has 2 N–H and O–H groups in total. The van der Waals surface area contributed by atoms with Gasteiger partial charge in [-0.15, -0.1) is 0 Å². The molecule has 0 aliphatic heterocycles. The number of aryl methyl sites for hydroxylation is 1. The second-order valence-corrected chi connectivity index (χ2v) is 6.01. The van der Waals surface area contributed by atoms with Gasteiger partial charge in [-0.05, 0) is 32.8 Å². The number of aliphatic carboxylic acids is 1. The Hall–Kier alpha value is -2.14. The minimum atomic E-state index is -0.879. The number of benzene rings is 1. The summed E-state index contributed by atoms with van der Waals surface area (Å²) < 4.78 is 0. The number of nitrogens with zero attached hydrogens (tertiary/aromatic N) is 1. The van der Waals surface area contributed by atoms with E-state index in [1.807, 2.05) is 36.1 Å². The van der Waals surface area contributed by atoms with Gasteiger partial charge in [0.2, 0.25) is 0 Å². The van der Waals surface area contributed by atoms with E-state index < -0.39 is 12.0 Å². The molecule has 1 heterocycles. The Morgan fingerprint density at radius 1 is 1.36 bits per heavy atom. The van der Waals surface area contributed by atoms with Gasteiger partial charge in [0.1, 0.15) is 6.04 Å². The highest BCUT2D eigenvalue weighted by Gasteiger charge is 2.36.